The molecule has 0 saturated heterocycles. The molecule has 0 unspecified atom stereocenters. The van der Waals surface area contributed by atoms with Crippen LogP contribution < -0.4 is 0 Å². The molecule has 94 valence electrons. The Bertz CT molecular complexity index is 555. The first-order valence-corrected chi connectivity index (χ1v) is 5.92. The summed E-state index contributed by atoms with van der Waals surface area (Å²) in [4.78, 5) is 13.2. The highest BCUT2D eigenvalue weighted by atomic mass is 16.4. The van der Waals surface area contributed by atoms with Gasteiger partial charge >= 0.3 is 0 Å². The molecule has 0 fully saturated rings. The van der Waals surface area contributed by atoms with Crippen LogP contribution in [0.15, 0.2) is 40.8 Å². The molecule has 0 spiro atoms. The molecule has 2 aromatic rings. The molecule has 18 heavy (non-hydrogen) atoms. The van der Waals surface area contributed by atoms with Gasteiger partial charge in [0.05, 0.1) is 0 Å². The lowest BCUT2D eigenvalue weighted by Crippen LogP contribution is -2.20. The first-order chi connectivity index (χ1) is 8.56. The van der Waals surface area contributed by atoms with Gasteiger partial charge in [-0.05, 0) is 24.6 Å². The Morgan fingerprint density at radius 2 is 2.00 bits per heavy atom. The predicted molar refractivity (Wildman–Crippen MR) is 70.7 cm³/mol. The van der Waals surface area contributed by atoms with Crippen LogP contribution in [0.4, 0.5) is 0 Å². The van der Waals surface area contributed by atoms with Gasteiger partial charge in [0.25, 0.3) is 5.91 Å². The van der Waals surface area contributed by atoms with Crippen LogP contribution in [0.3, 0.4) is 0 Å². The van der Waals surface area contributed by atoms with Crippen LogP contribution in [0.25, 0.3) is 0 Å². The second-order valence-electron chi connectivity index (χ2n) is 4.63. The van der Waals surface area contributed by atoms with Crippen molar-refractivity contribution < 1.29 is 9.21 Å². The van der Waals surface area contributed by atoms with Crippen molar-refractivity contribution in [2.24, 2.45) is 0 Å². The number of aryl methyl sites for hydroxylation is 1. The summed E-state index contributed by atoms with van der Waals surface area (Å²) in [6.45, 7) is 2.06. The number of nitrogens with zero attached hydrogens (tertiary/aromatic N) is 1. The molecule has 0 N–H and O–H groups in total. The third-order valence-electron chi connectivity index (χ3n) is 2.74. The molecule has 0 aliphatic heterocycles. The number of carbonyl (C=O) groups excluding carboxylic acids is 1. The minimum absolute atomic E-state index is 0.106. The molecule has 0 aliphatic rings. The number of furan rings is 1. The molecule has 0 radical (unpaired) electrons. The minimum Gasteiger partial charge on any atom is -0.456 e. The molecule has 2 rings (SSSR count). The van der Waals surface area contributed by atoms with E-state index < -0.39 is 0 Å². The lowest BCUT2D eigenvalue weighted by molar-refractivity contribution is 0.0795. The van der Waals surface area contributed by atoms with E-state index in [9.17, 15) is 4.79 Å². The van der Waals surface area contributed by atoms with Crippen molar-refractivity contribution in [1.82, 2.24) is 4.90 Å². The lowest BCUT2D eigenvalue weighted by atomic mass is 10.1. The zero-order valence-corrected chi connectivity index (χ0v) is 10.9. The van der Waals surface area contributed by atoms with Crippen LogP contribution in [-0.4, -0.2) is 24.9 Å². The summed E-state index contributed by atoms with van der Waals surface area (Å²) in [5, 5.41) is 0. The largest absolute Gasteiger partial charge is 0.456 e. The standard InChI is InChI=1S/C15H17NO2/c1-11-5-4-6-12(9-11)10-13-7-8-14(18-13)15(17)16(2)3/h4-9H,10H2,1-3H3. The van der Waals surface area contributed by atoms with E-state index in [1.54, 1.807) is 20.2 Å². The Hall–Kier alpha value is -2.03. The van der Waals surface area contributed by atoms with Crippen molar-refractivity contribution >= 4 is 5.91 Å². The van der Waals surface area contributed by atoms with E-state index in [-0.39, 0.29) is 5.91 Å². The van der Waals surface area contributed by atoms with Gasteiger partial charge in [-0.25, -0.2) is 0 Å². The number of hydrogen-bond donors (Lipinski definition) is 0. The van der Waals surface area contributed by atoms with Crippen LogP contribution in [0, 0.1) is 6.92 Å². The number of benzene rings is 1. The van der Waals surface area contributed by atoms with Crippen molar-refractivity contribution in [2.75, 3.05) is 14.1 Å². The number of amides is 1. The van der Waals surface area contributed by atoms with Gasteiger partial charge in [-0.2, -0.15) is 0 Å². The van der Waals surface area contributed by atoms with Crippen LogP contribution in [0.5, 0.6) is 0 Å². The zero-order chi connectivity index (χ0) is 13.1. The number of carbonyl (C=O) groups is 1. The molecule has 1 aromatic heterocycles. The topological polar surface area (TPSA) is 33.5 Å². The van der Waals surface area contributed by atoms with Gasteiger partial charge in [-0.15, -0.1) is 0 Å². The summed E-state index contributed by atoms with van der Waals surface area (Å²) >= 11 is 0. The maximum Gasteiger partial charge on any atom is 0.289 e. The van der Waals surface area contributed by atoms with Gasteiger partial charge in [0.15, 0.2) is 5.76 Å². The maximum atomic E-state index is 11.7. The predicted octanol–water partition coefficient (Wildman–Crippen LogP) is 2.88. The van der Waals surface area contributed by atoms with Gasteiger partial charge in [-0.3, -0.25) is 4.79 Å². The smallest absolute Gasteiger partial charge is 0.289 e. The second kappa shape index (κ2) is 5.08. The fourth-order valence-corrected chi connectivity index (χ4v) is 1.83. The molecule has 3 heteroatoms. The second-order valence-corrected chi connectivity index (χ2v) is 4.63. The summed E-state index contributed by atoms with van der Waals surface area (Å²) in [6, 6.07) is 11.9. The summed E-state index contributed by atoms with van der Waals surface area (Å²) in [5.74, 6) is 1.10. The minimum atomic E-state index is -0.106. The Kier molecular flexibility index (Phi) is 3.51. The fourth-order valence-electron chi connectivity index (χ4n) is 1.83. The van der Waals surface area contributed by atoms with Crippen LogP contribution in [0.2, 0.25) is 0 Å². The van der Waals surface area contributed by atoms with Crippen molar-refractivity contribution in [2.45, 2.75) is 13.3 Å². The Labute approximate surface area is 107 Å². The highest BCUT2D eigenvalue weighted by Gasteiger charge is 2.12. The van der Waals surface area contributed by atoms with E-state index in [4.69, 9.17) is 4.42 Å². The van der Waals surface area contributed by atoms with Crippen LogP contribution in [-0.2, 0) is 6.42 Å². The van der Waals surface area contributed by atoms with Gasteiger partial charge < -0.3 is 9.32 Å². The van der Waals surface area contributed by atoms with E-state index in [1.165, 1.54) is 16.0 Å². The summed E-state index contributed by atoms with van der Waals surface area (Å²) in [6.07, 6.45) is 0.711. The number of rotatable bonds is 3. The summed E-state index contributed by atoms with van der Waals surface area (Å²) < 4.78 is 5.56. The van der Waals surface area contributed by atoms with Gasteiger partial charge in [0.2, 0.25) is 0 Å². The molecular weight excluding hydrogens is 226 g/mol. The number of hydrogen-bond acceptors (Lipinski definition) is 2. The van der Waals surface area contributed by atoms with Crippen molar-refractivity contribution in [1.29, 1.82) is 0 Å². The molecule has 0 bridgehead atoms. The molecule has 0 atom stereocenters. The third kappa shape index (κ3) is 2.80. The van der Waals surface area contributed by atoms with Gasteiger partial charge in [-0.1, -0.05) is 29.8 Å². The fraction of sp³-hybridized carbons (Fsp3) is 0.267. The molecule has 3 nitrogen and oxygen atoms in total. The Balaban J connectivity index is 2.14. The van der Waals surface area contributed by atoms with Crippen molar-refractivity contribution in [3.8, 4) is 0 Å². The molecule has 0 saturated carbocycles. The molecule has 1 amide bonds. The Morgan fingerprint density at radius 3 is 2.67 bits per heavy atom. The van der Waals surface area contributed by atoms with E-state index >= 15 is 0 Å². The first-order valence-electron chi connectivity index (χ1n) is 5.92. The maximum absolute atomic E-state index is 11.7. The normalized spacial score (nSPS) is 10.4. The van der Waals surface area contributed by atoms with Gasteiger partial charge in [0, 0.05) is 20.5 Å². The first kappa shape index (κ1) is 12.4. The zero-order valence-electron chi connectivity index (χ0n) is 10.9. The Morgan fingerprint density at radius 1 is 1.22 bits per heavy atom. The van der Waals surface area contributed by atoms with E-state index in [0.29, 0.717) is 12.2 Å². The molecule has 1 aromatic carbocycles. The monoisotopic (exact) mass is 243 g/mol. The summed E-state index contributed by atoms with van der Waals surface area (Å²) in [5.41, 5.74) is 2.41. The quantitative estimate of drug-likeness (QED) is 0.830. The van der Waals surface area contributed by atoms with Crippen molar-refractivity contribution in [3.63, 3.8) is 0 Å². The van der Waals surface area contributed by atoms with Crippen LogP contribution in [0.1, 0.15) is 27.4 Å². The SMILES string of the molecule is Cc1cccc(Cc2ccc(C(=O)N(C)C)o2)c1. The molecular formula is C15H17NO2. The molecule has 1 heterocycles. The van der Waals surface area contributed by atoms with Crippen molar-refractivity contribution in [3.05, 3.63) is 59.0 Å². The van der Waals surface area contributed by atoms with E-state index in [1.807, 2.05) is 12.1 Å². The lowest BCUT2D eigenvalue weighted by Gasteiger charge is -2.06. The third-order valence-corrected chi connectivity index (χ3v) is 2.74. The average Bonchev–Trinajstić information content (AvgIpc) is 2.76. The molecule has 0 aliphatic carbocycles. The van der Waals surface area contributed by atoms with Gasteiger partial charge in [0.1, 0.15) is 5.76 Å². The average molecular weight is 243 g/mol. The highest BCUT2D eigenvalue weighted by molar-refractivity contribution is 5.91. The summed E-state index contributed by atoms with van der Waals surface area (Å²) in [7, 11) is 3.43. The van der Waals surface area contributed by atoms with E-state index in [2.05, 4.69) is 25.1 Å². The van der Waals surface area contributed by atoms with E-state index in [0.717, 1.165) is 5.76 Å². The van der Waals surface area contributed by atoms with Crippen LogP contribution >= 0.6 is 0 Å². The highest BCUT2D eigenvalue weighted by Crippen LogP contribution is 2.15.